The van der Waals surface area contributed by atoms with E-state index >= 15 is 0 Å². The fourth-order valence-electron chi connectivity index (χ4n) is 5.63. The molecular weight excluding hydrogens is 512 g/mol. The molecular formula is C29H29F2N9. The number of nitrogens with zero attached hydrogens (tertiary/aromatic N) is 9. The van der Waals surface area contributed by atoms with Gasteiger partial charge >= 0.3 is 0 Å². The first-order valence-electron chi connectivity index (χ1n) is 13.4. The molecule has 0 unspecified atom stereocenters. The predicted octanol–water partition coefficient (Wildman–Crippen LogP) is 6.05. The van der Waals surface area contributed by atoms with Gasteiger partial charge in [-0.25, -0.2) is 23.4 Å². The van der Waals surface area contributed by atoms with Gasteiger partial charge in [0, 0.05) is 73.1 Å². The molecule has 1 aromatic carbocycles. The van der Waals surface area contributed by atoms with Crippen molar-refractivity contribution in [2.24, 2.45) is 21.1 Å². The number of pyridine rings is 1. The molecule has 11 heteroatoms. The van der Waals surface area contributed by atoms with Crippen LogP contribution < -0.4 is 0 Å². The maximum atomic E-state index is 13.4. The number of aryl methyl sites for hydroxylation is 2. The summed E-state index contributed by atoms with van der Waals surface area (Å²) in [7, 11) is 5.50. The van der Waals surface area contributed by atoms with Crippen LogP contribution in [0.3, 0.4) is 0 Å². The molecule has 0 radical (unpaired) electrons. The highest BCUT2D eigenvalue weighted by Crippen LogP contribution is 2.47. The lowest BCUT2D eigenvalue weighted by atomic mass is 10.0. The molecule has 0 amide bonds. The third-order valence-electron chi connectivity index (χ3n) is 7.70. The van der Waals surface area contributed by atoms with Crippen molar-refractivity contribution in [2.75, 3.05) is 0 Å². The van der Waals surface area contributed by atoms with Gasteiger partial charge in [0.15, 0.2) is 11.5 Å². The Kier molecular flexibility index (Phi) is 5.42. The van der Waals surface area contributed by atoms with Crippen LogP contribution in [0, 0.1) is 0 Å². The smallest absolute Gasteiger partial charge is 0.280 e. The van der Waals surface area contributed by atoms with Crippen molar-refractivity contribution in [2.45, 2.75) is 45.0 Å². The Balaban J connectivity index is 1.42. The van der Waals surface area contributed by atoms with Gasteiger partial charge < -0.3 is 4.57 Å². The number of imidazole rings is 1. The molecule has 1 aliphatic rings. The quantitative estimate of drug-likeness (QED) is 0.256. The van der Waals surface area contributed by atoms with Crippen molar-refractivity contribution in [3.05, 3.63) is 59.8 Å². The zero-order valence-corrected chi connectivity index (χ0v) is 23.0. The number of hydrogen-bond donors (Lipinski definition) is 0. The number of rotatable bonds is 6. The number of alkyl halides is 2. The molecule has 0 bridgehead atoms. The average molecular weight is 542 g/mol. The van der Waals surface area contributed by atoms with Crippen LogP contribution in [0.15, 0.2) is 42.7 Å². The summed E-state index contributed by atoms with van der Waals surface area (Å²) in [6, 6.07) is 9.46. The molecule has 7 rings (SSSR count). The number of benzene rings is 1. The molecule has 5 heterocycles. The molecule has 40 heavy (non-hydrogen) atoms. The van der Waals surface area contributed by atoms with E-state index in [0.717, 1.165) is 63.1 Å². The van der Waals surface area contributed by atoms with Gasteiger partial charge in [-0.2, -0.15) is 15.3 Å². The lowest BCUT2D eigenvalue weighted by Crippen LogP contribution is -2.03. The topological polar surface area (TPSA) is 84.2 Å². The van der Waals surface area contributed by atoms with Crippen molar-refractivity contribution in [3.63, 3.8) is 0 Å². The number of aromatic nitrogens is 9. The third kappa shape index (κ3) is 3.82. The standard InChI is InChI=1S/C29H29F2N9/c1-15(2)24-19(11-17-13-37(3)36-28(17)32-24)29-33-25(26(38(29)4)16-9-10-16)18-7-6-8-21-20(18)14-40(34-21)23-12-22(27(30)31)39(5)35-23/h6-8,11-16,27H,9-10H2,1-5H3. The van der Waals surface area contributed by atoms with Crippen LogP contribution in [-0.2, 0) is 21.1 Å². The van der Waals surface area contributed by atoms with Crippen LogP contribution in [0.4, 0.5) is 8.78 Å². The first-order chi connectivity index (χ1) is 19.2. The van der Waals surface area contributed by atoms with Gasteiger partial charge in [0.25, 0.3) is 6.43 Å². The monoisotopic (exact) mass is 541 g/mol. The van der Waals surface area contributed by atoms with E-state index < -0.39 is 6.43 Å². The highest BCUT2D eigenvalue weighted by Gasteiger charge is 2.33. The van der Waals surface area contributed by atoms with E-state index in [9.17, 15) is 8.78 Å². The van der Waals surface area contributed by atoms with Gasteiger partial charge in [0.2, 0.25) is 0 Å². The second kappa shape index (κ2) is 8.80. The zero-order valence-electron chi connectivity index (χ0n) is 23.0. The molecule has 0 aliphatic heterocycles. The Hall–Kier alpha value is -4.41. The first kappa shape index (κ1) is 24.6. The van der Waals surface area contributed by atoms with Gasteiger partial charge in [-0.3, -0.25) is 9.36 Å². The van der Waals surface area contributed by atoms with E-state index in [2.05, 4.69) is 52.9 Å². The zero-order chi connectivity index (χ0) is 27.9. The number of fused-ring (bicyclic) bond motifs is 2. The van der Waals surface area contributed by atoms with Crippen molar-refractivity contribution in [1.82, 2.24) is 43.9 Å². The Labute approximate surface area is 229 Å². The largest absolute Gasteiger partial charge is 0.330 e. The Morgan fingerprint density at radius 3 is 2.42 bits per heavy atom. The van der Waals surface area contributed by atoms with E-state index in [1.54, 1.807) is 9.36 Å². The van der Waals surface area contributed by atoms with Crippen LogP contribution in [0.5, 0.6) is 0 Å². The normalized spacial score (nSPS) is 14.0. The lowest BCUT2D eigenvalue weighted by molar-refractivity contribution is 0.141. The maximum absolute atomic E-state index is 13.4. The van der Waals surface area contributed by atoms with Gasteiger partial charge in [-0.15, -0.1) is 0 Å². The molecule has 1 aliphatic carbocycles. The molecule has 0 atom stereocenters. The molecule has 6 aromatic rings. The highest BCUT2D eigenvalue weighted by atomic mass is 19.3. The summed E-state index contributed by atoms with van der Waals surface area (Å²) in [6.07, 6.45) is 3.45. The van der Waals surface area contributed by atoms with Crippen molar-refractivity contribution in [3.8, 4) is 28.5 Å². The Morgan fingerprint density at radius 1 is 0.925 bits per heavy atom. The van der Waals surface area contributed by atoms with Crippen LogP contribution in [0.1, 0.15) is 62.0 Å². The molecule has 204 valence electrons. The van der Waals surface area contributed by atoms with E-state index in [4.69, 9.17) is 9.97 Å². The van der Waals surface area contributed by atoms with Gasteiger partial charge in [-0.05, 0) is 30.9 Å². The minimum absolute atomic E-state index is 0.152. The van der Waals surface area contributed by atoms with Crippen LogP contribution in [0.25, 0.3) is 50.4 Å². The molecule has 0 spiro atoms. The summed E-state index contributed by atoms with van der Waals surface area (Å²) in [4.78, 5) is 10.2. The van der Waals surface area contributed by atoms with Gasteiger partial charge in [0.1, 0.15) is 11.5 Å². The van der Waals surface area contributed by atoms with E-state index in [1.807, 2.05) is 31.6 Å². The van der Waals surface area contributed by atoms with Crippen molar-refractivity contribution >= 4 is 21.9 Å². The molecule has 0 saturated heterocycles. The van der Waals surface area contributed by atoms with Crippen LogP contribution >= 0.6 is 0 Å². The minimum Gasteiger partial charge on any atom is -0.330 e. The number of halogens is 2. The second-order valence-corrected chi connectivity index (χ2v) is 11.0. The van der Waals surface area contributed by atoms with Crippen molar-refractivity contribution in [1.29, 1.82) is 0 Å². The van der Waals surface area contributed by atoms with Gasteiger partial charge in [-0.1, -0.05) is 26.0 Å². The summed E-state index contributed by atoms with van der Waals surface area (Å²) >= 11 is 0. The molecule has 1 fully saturated rings. The SMILES string of the molecule is CC(C)c1nc2nn(C)cc2cc1-c1nc(-c2cccc3nn(-c4cc(C(F)F)n(C)n4)cc23)c(C2CC2)n1C. The molecule has 5 aromatic heterocycles. The Morgan fingerprint density at radius 2 is 1.73 bits per heavy atom. The van der Waals surface area contributed by atoms with Crippen LogP contribution in [0.2, 0.25) is 0 Å². The lowest BCUT2D eigenvalue weighted by Gasteiger charge is -2.12. The van der Waals surface area contributed by atoms with E-state index in [0.29, 0.717) is 11.7 Å². The van der Waals surface area contributed by atoms with Crippen molar-refractivity contribution < 1.29 is 8.78 Å². The number of hydrogen-bond acceptors (Lipinski definition) is 5. The van der Waals surface area contributed by atoms with E-state index in [1.165, 1.54) is 23.5 Å². The Bertz CT molecular complexity index is 1920. The maximum Gasteiger partial charge on any atom is 0.280 e. The summed E-state index contributed by atoms with van der Waals surface area (Å²) in [5.74, 6) is 1.83. The highest BCUT2D eigenvalue weighted by molar-refractivity contribution is 5.95. The predicted molar refractivity (Wildman–Crippen MR) is 149 cm³/mol. The molecule has 9 nitrogen and oxygen atoms in total. The second-order valence-electron chi connectivity index (χ2n) is 11.0. The first-order valence-corrected chi connectivity index (χ1v) is 13.4. The fourth-order valence-corrected chi connectivity index (χ4v) is 5.63. The minimum atomic E-state index is -2.61. The average Bonchev–Trinajstić information content (AvgIpc) is 3.22. The summed E-state index contributed by atoms with van der Waals surface area (Å²) in [6.45, 7) is 4.27. The van der Waals surface area contributed by atoms with E-state index in [-0.39, 0.29) is 11.6 Å². The summed E-state index contributed by atoms with van der Waals surface area (Å²) in [5, 5.41) is 15.3. The fraction of sp³-hybridized carbons (Fsp3) is 0.345. The molecule has 1 saturated carbocycles. The molecule has 0 N–H and O–H groups in total. The summed E-state index contributed by atoms with van der Waals surface area (Å²) < 4.78 is 33.6. The third-order valence-corrected chi connectivity index (χ3v) is 7.70. The summed E-state index contributed by atoms with van der Waals surface area (Å²) in [5.41, 5.74) is 6.35. The van der Waals surface area contributed by atoms with Crippen LogP contribution in [-0.4, -0.2) is 43.9 Å². The van der Waals surface area contributed by atoms with Gasteiger partial charge in [0.05, 0.1) is 16.9 Å².